The summed E-state index contributed by atoms with van der Waals surface area (Å²) in [6.07, 6.45) is 11.8. The van der Waals surface area contributed by atoms with E-state index < -0.39 is 10.8 Å². The molecule has 1 spiro atoms. The number of nitro groups is 1. The number of allylic oxidation sites excluding steroid dienone is 1. The van der Waals surface area contributed by atoms with Crippen molar-refractivity contribution in [2.24, 2.45) is 46.3 Å². The molecular weight excluding hydrogens is 472 g/mol. The maximum absolute atomic E-state index is 11.6. The van der Waals surface area contributed by atoms with Crippen molar-refractivity contribution in [2.75, 3.05) is 6.61 Å². The fourth-order valence-electron chi connectivity index (χ4n) is 10.0. The number of hydrogen-bond donors (Lipinski definition) is 1. The minimum absolute atomic E-state index is 0.0201. The van der Waals surface area contributed by atoms with E-state index in [1.807, 2.05) is 13.0 Å². The van der Waals surface area contributed by atoms with Crippen LogP contribution in [0, 0.1) is 56.5 Å². The van der Waals surface area contributed by atoms with E-state index in [9.17, 15) is 14.9 Å². The van der Waals surface area contributed by atoms with Gasteiger partial charge in [0.15, 0.2) is 5.03 Å². The zero-order chi connectivity index (χ0) is 26.3. The van der Waals surface area contributed by atoms with Crippen molar-refractivity contribution < 1.29 is 24.0 Å². The zero-order valence-corrected chi connectivity index (χ0v) is 22.8. The van der Waals surface area contributed by atoms with E-state index in [0.29, 0.717) is 36.0 Å². The first-order valence-electron chi connectivity index (χ1n) is 14.3. The number of rotatable bonds is 3. The van der Waals surface area contributed by atoms with Gasteiger partial charge in [0, 0.05) is 19.3 Å². The summed E-state index contributed by atoms with van der Waals surface area (Å²) in [5.74, 6) is 1.04. The van der Waals surface area contributed by atoms with Crippen molar-refractivity contribution in [1.29, 1.82) is 0 Å². The third-order valence-corrected chi connectivity index (χ3v) is 11.5. The highest BCUT2D eigenvalue weighted by molar-refractivity contribution is 5.66. The van der Waals surface area contributed by atoms with E-state index in [2.05, 4.69) is 32.3 Å². The molecule has 4 fully saturated rings. The lowest BCUT2D eigenvalue weighted by atomic mass is 9.47. The minimum atomic E-state index is -1.06. The molecule has 37 heavy (non-hydrogen) atoms. The Morgan fingerprint density at radius 3 is 2.73 bits per heavy atom. The van der Waals surface area contributed by atoms with E-state index in [4.69, 9.17) is 14.2 Å². The molecule has 204 valence electrons. The third kappa shape index (κ3) is 3.64. The van der Waals surface area contributed by atoms with Gasteiger partial charge in [0.2, 0.25) is 5.79 Å². The molecule has 1 N–H and O–H groups in total. The number of ether oxygens (including phenoxy) is 3. The number of carbonyl (C=O) groups is 1. The molecule has 6 rings (SSSR count). The van der Waals surface area contributed by atoms with Gasteiger partial charge in [-0.1, -0.05) is 39.3 Å². The van der Waals surface area contributed by atoms with Crippen molar-refractivity contribution in [3.63, 3.8) is 0 Å². The summed E-state index contributed by atoms with van der Waals surface area (Å²) in [5, 5.41) is 11.0. The van der Waals surface area contributed by atoms with Crippen LogP contribution in [0.2, 0.25) is 0 Å². The number of hydrazine groups is 1. The van der Waals surface area contributed by atoms with Crippen LogP contribution in [0.1, 0.15) is 79.6 Å². The molecule has 4 aliphatic carbocycles. The topological polar surface area (TPSA) is 99.9 Å². The summed E-state index contributed by atoms with van der Waals surface area (Å²) in [7, 11) is 0. The van der Waals surface area contributed by atoms with Crippen molar-refractivity contribution in [1.82, 2.24) is 5.43 Å². The lowest BCUT2D eigenvalue weighted by molar-refractivity contribution is -0.541. The lowest BCUT2D eigenvalue weighted by Gasteiger charge is -2.58. The van der Waals surface area contributed by atoms with Crippen LogP contribution < -0.4 is 5.43 Å². The smallest absolute Gasteiger partial charge is 0.302 e. The van der Waals surface area contributed by atoms with Gasteiger partial charge < -0.3 is 14.2 Å². The van der Waals surface area contributed by atoms with Crippen molar-refractivity contribution in [2.45, 2.75) is 97.6 Å². The van der Waals surface area contributed by atoms with Gasteiger partial charge in [-0.25, -0.2) is 10.1 Å². The van der Waals surface area contributed by atoms with E-state index in [-0.39, 0.29) is 40.8 Å². The van der Waals surface area contributed by atoms with Crippen molar-refractivity contribution in [3.05, 3.63) is 33.5 Å². The molecule has 1 saturated heterocycles. The van der Waals surface area contributed by atoms with E-state index >= 15 is 0 Å². The predicted octanol–water partition coefficient (Wildman–Crippen LogP) is 5.17. The summed E-state index contributed by atoms with van der Waals surface area (Å²) < 4.78 is 18.7. The molecule has 0 bridgehead atoms. The highest BCUT2D eigenvalue weighted by atomic mass is 16.7. The highest BCUT2D eigenvalue weighted by Gasteiger charge is 2.70. The van der Waals surface area contributed by atoms with Crippen LogP contribution in [-0.2, 0) is 19.0 Å². The first kappa shape index (κ1) is 25.4. The molecule has 0 unspecified atom stereocenters. The second-order valence-electron chi connectivity index (χ2n) is 13.4. The number of nitrogens with zero attached hydrogens (tertiary/aromatic N) is 1. The molecular formula is C29H42N2O6. The fourth-order valence-corrected chi connectivity index (χ4v) is 10.0. The molecule has 0 aromatic rings. The monoisotopic (exact) mass is 514 g/mol. The van der Waals surface area contributed by atoms with Crippen LogP contribution in [0.5, 0.6) is 0 Å². The van der Waals surface area contributed by atoms with Crippen LogP contribution in [0.3, 0.4) is 0 Å². The Morgan fingerprint density at radius 1 is 1.22 bits per heavy atom. The standard InChI is InChI=1S/C29H42N2O6/c1-16-12-25(30-31(33)34)29(35-15-16)17(2)26-24(37-29)14-23-21-7-6-19-13-20(36-18(3)32)8-10-27(19,4)22(21)9-11-28(23,26)5/h6,12,16-17,20-24,26,30H,7-11,13-15H2,1-5H3/t16-,17+,20+,21-,22+,23+,24+,26+,27+,28+,29+/m1/s1. The lowest BCUT2D eigenvalue weighted by Crippen LogP contribution is -2.54. The van der Waals surface area contributed by atoms with Crippen LogP contribution >= 0.6 is 0 Å². The Kier molecular flexibility index (Phi) is 5.85. The Hall–Kier alpha value is -1.93. The average molecular weight is 515 g/mol. The van der Waals surface area contributed by atoms with Crippen LogP contribution in [0.25, 0.3) is 0 Å². The number of nitrogens with one attached hydrogen (secondary N) is 1. The summed E-state index contributed by atoms with van der Waals surface area (Å²) >= 11 is 0. The summed E-state index contributed by atoms with van der Waals surface area (Å²) in [4.78, 5) is 23.0. The molecule has 0 amide bonds. The number of carbonyl (C=O) groups excluding carboxylic acids is 1. The molecule has 2 heterocycles. The number of hydrogen-bond acceptors (Lipinski definition) is 6. The molecule has 8 nitrogen and oxygen atoms in total. The maximum atomic E-state index is 11.6. The number of esters is 1. The number of fused-ring (bicyclic) bond motifs is 7. The highest BCUT2D eigenvalue weighted by Crippen LogP contribution is 2.70. The van der Waals surface area contributed by atoms with Gasteiger partial charge in [-0.05, 0) is 85.0 Å². The van der Waals surface area contributed by atoms with Crippen molar-refractivity contribution in [3.8, 4) is 0 Å². The zero-order valence-electron chi connectivity index (χ0n) is 22.8. The molecule has 11 atom stereocenters. The van der Waals surface area contributed by atoms with Gasteiger partial charge >= 0.3 is 5.97 Å². The minimum Gasteiger partial charge on any atom is -0.462 e. The molecule has 6 aliphatic rings. The molecule has 8 heteroatoms. The van der Waals surface area contributed by atoms with Gasteiger partial charge in [-0.3, -0.25) is 4.79 Å². The molecule has 2 aliphatic heterocycles. The quantitative estimate of drug-likeness (QED) is 0.240. The van der Waals surface area contributed by atoms with Crippen LogP contribution in [0.4, 0.5) is 0 Å². The van der Waals surface area contributed by atoms with Crippen LogP contribution in [0.15, 0.2) is 23.4 Å². The normalized spacial score (nSPS) is 50.2. The molecule has 0 aromatic heterocycles. The molecule has 0 aromatic carbocycles. The van der Waals surface area contributed by atoms with Gasteiger partial charge in [-0.15, -0.1) is 5.43 Å². The Bertz CT molecular complexity index is 1060. The largest absolute Gasteiger partial charge is 0.462 e. The summed E-state index contributed by atoms with van der Waals surface area (Å²) in [6, 6.07) is 0. The molecule has 0 radical (unpaired) electrons. The van der Waals surface area contributed by atoms with Gasteiger partial charge in [-0.2, -0.15) is 0 Å². The third-order valence-electron chi connectivity index (χ3n) is 11.5. The first-order valence-corrected chi connectivity index (χ1v) is 14.3. The Labute approximate surface area is 219 Å². The van der Waals surface area contributed by atoms with E-state index in [1.165, 1.54) is 18.9 Å². The second kappa shape index (κ2) is 8.54. The predicted molar refractivity (Wildman–Crippen MR) is 136 cm³/mol. The van der Waals surface area contributed by atoms with Crippen LogP contribution in [-0.4, -0.2) is 35.6 Å². The first-order chi connectivity index (χ1) is 17.5. The Balaban J connectivity index is 1.26. The maximum Gasteiger partial charge on any atom is 0.302 e. The SMILES string of the molecule is CC(=O)O[C@H]1CC[C@@]2(C)C(=CC[C@H]3[C@@H]4C[C@@H]5O[C@@]6(OC[C@H](C)C=C6N[N+](=O)[O-])[C@@H](C)[C@@H]5[C@@]4(C)CC[C@@H]32)C1. The van der Waals surface area contributed by atoms with Gasteiger partial charge in [0.05, 0.1) is 12.7 Å². The summed E-state index contributed by atoms with van der Waals surface area (Å²) in [5.41, 5.74) is 4.71. The average Bonchev–Trinajstić information content (AvgIpc) is 3.27. The van der Waals surface area contributed by atoms with E-state index in [0.717, 1.165) is 38.5 Å². The summed E-state index contributed by atoms with van der Waals surface area (Å²) in [6.45, 7) is 11.1. The van der Waals surface area contributed by atoms with Crippen molar-refractivity contribution >= 4 is 5.97 Å². The van der Waals surface area contributed by atoms with Gasteiger partial charge in [0.1, 0.15) is 11.8 Å². The van der Waals surface area contributed by atoms with Gasteiger partial charge in [0.25, 0.3) is 0 Å². The van der Waals surface area contributed by atoms with E-state index in [1.54, 1.807) is 0 Å². The second-order valence-corrected chi connectivity index (χ2v) is 13.4. The molecule has 3 saturated carbocycles. The fraction of sp³-hybridized carbons (Fsp3) is 0.828. The Morgan fingerprint density at radius 2 is 2.00 bits per heavy atom.